The third-order valence-electron chi connectivity index (χ3n) is 3.18. The first-order chi connectivity index (χ1) is 8.08. The largest absolute Gasteiger partial charge is 0.372 e. The molecule has 0 amide bonds. The molecule has 18 heavy (non-hydrogen) atoms. The summed E-state index contributed by atoms with van der Waals surface area (Å²) in [5, 5.41) is 0. The van der Waals surface area contributed by atoms with Crippen LogP contribution in [0.25, 0.3) is 0 Å². The zero-order valence-electron chi connectivity index (χ0n) is 12.0. The molecule has 0 fully saturated rings. The maximum atomic E-state index is 6.17. The van der Waals surface area contributed by atoms with Gasteiger partial charge in [-0.3, -0.25) is 0 Å². The Kier molecular flexibility index (Phi) is 8.05. The second kappa shape index (κ2) is 8.39. The van der Waals surface area contributed by atoms with Gasteiger partial charge >= 0.3 is 0 Å². The lowest BCUT2D eigenvalue weighted by Crippen LogP contribution is -2.21. The van der Waals surface area contributed by atoms with Crippen molar-refractivity contribution >= 4 is 18.1 Å². The van der Waals surface area contributed by atoms with Crippen molar-refractivity contribution in [3.05, 3.63) is 29.8 Å². The van der Waals surface area contributed by atoms with Crippen molar-refractivity contribution in [2.45, 2.75) is 40.2 Å². The lowest BCUT2D eigenvalue weighted by Gasteiger charge is -2.22. The van der Waals surface area contributed by atoms with Crippen molar-refractivity contribution in [3.8, 4) is 0 Å². The van der Waals surface area contributed by atoms with Crippen molar-refractivity contribution in [3.63, 3.8) is 0 Å². The highest BCUT2D eigenvalue weighted by Crippen LogP contribution is 2.22. The van der Waals surface area contributed by atoms with E-state index in [0.29, 0.717) is 5.92 Å². The molecule has 0 heterocycles. The summed E-state index contributed by atoms with van der Waals surface area (Å²) in [6.07, 6.45) is 1.05. The van der Waals surface area contributed by atoms with E-state index < -0.39 is 0 Å². The van der Waals surface area contributed by atoms with E-state index in [4.69, 9.17) is 5.73 Å². The van der Waals surface area contributed by atoms with Gasteiger partial charge in [0, 0.05) is 24.8 Å². The van der Waals surface area contributed by atoms with Gasteiger partial charge in [-0.05, 0) is 43.9 Å². The summed E-state index contributed by atoms with van der Waals surface area (Å²) < 4.78 is 0. The Labute approximate surface area is 118 Å². The van der Waals surface area contributed by atoms with Gasteiger partial charge in [0.1, 0.15) is 0 Å². The van der Waals surface area contributed by atoms with Crippen LogP contribution < -0.4 is 10.6 Å². The lowest BCUT2D eigenvalue weighted by atomic mass is 9.98. The smallest absolute Gasteiger partial charge is 0.0366 e. The van der Waals surface area contributed by atoms with Crippen LogP contribution in [0, 0.1) is 5.92 Å². The van der Waals surface area contributed by atoms with E-state index in [-0.39, 0.29) is 18.4 Å². The summed E-state index contributed by atoms with van der Waals surface area (Å²) in [6, 6.07) is 8.87. The fraction of sp³-hybridized carbons (Fsp3) is 0.600. The van der Waals surface area contributed by atoms with E-state index in [2.05, 4.69) is 56.9 Å². The van der Waals surface area contributed by atoms with E-state index in [1.54, 1.807) is 0 Å². The van der Waals surface area contributed by atoms with E-state index in [1.807, 2.05) is 0 Å². The first-order valence-electron chi connectivity index (χ1n) is 6.68. The number of halogens is 1. The average molecular weight is 271 g/mol. The second-order valence-corrected chi connectivity index (χ2v) is 5.00. The second-order valence-electron chi connectivity index (χ2n) is 5.00. The standard InChI is InChI=1S/C15H26N2.ClH/c1-5-17(6-2)14-9-7-13(8-10-14)15(16)11-12(3)4;/h7-10,12,15H,5-6,11,16H2,1-4H3;1H/t15-;/m0./s1. The van der Waals surface area contributed by atoms with Crippen LogP contribution in [0.4, 0.5) is 5.69 Å². The Morgan fingerprint density at radius 3 is 1.94 bits per heavy atom. The molecule has 0 bridgehead atoms. The summed E-state index contributed by atoms with van der Waals surface area (Å²) in [7, 11) is 0. The lowest BCUT2D eigenvalue weighted by molar-refractivity contribution is 0.510. The SMILES string of the molecule is CCN(CC)c1ccc([C@@H](N)CC(C)C)cc1.Cl. The summed E-state index contributed by atoms with van der Waals surface area (Å²) in [4.78, 5) is 2.34. The molecule has 0 radical (unpaired) electrons. The first kappa shape index (κ1) is 17.3. The highest BCUT2D eigenvalue weighted by atomic mass is 35.5. The zero-order valence-corrected chi connectivity index (χ0v) is 12.8. The molecule has 0 saturated heterocycles. The molecule has 1 aromatic rings. The normalized spacial score (nSPS) is 12.1. The zero-order chi connectivity index (χ0) is 12.8. The molecule has 104 valence electrons. The summed E-state index contributed by atoms with van der Waals surface area (Å²) >= 11 is 0. The number of nitrogens with two attached hydrogens (primary N) is 1. The number of anilines is 1. The van der Waals surface area contributed by atoms with E-state index >= 15 is 0 Å². The van der Waals surface area contributed by atoms with Gasteiger partial charge in [0.05, 0.1) is 0 Å². The monoisotopic (exact) mass is 270 g/mol. The van der Waals surface area contributed by atoms with E-state index in [0.717, 1.165) is 19.5 Å². The molecule has 3 heteroatoms. The minimum Gasteiger partial charge on any atom is -0.372 e. The maximum absolute atomic E-state index is 6.17. The summed E-state index contributed by atoms with van der Waals surface area (Å²) in [6.45, 7) is 10.9. The molecule has 0 aromatic heterocycles. The molecular formula is C15H27ClN2. The Hall–Kier alpha value is -0.730. The van der Waals surface area contributed by atoms with Gasteiger partial charge in [-0.2, -0.15) is 0 Å². The number of hydrogen-bond acceptors (Lipinski definition) is 2. The number of nitrogens with zero attached hydrogens (tertiary/aromatic N) is 1. The molecule has 0 unspecified atom stereocenters. The molecule has 1 atom stereocenters. The highest BCUT2D eigenvalue weighted by Gasteiger charge is 2.09. The minimum atomic E-state index is 0. The molecule has 2 N–H and O–H groups in total. The van der Waals surface area contributed by atoms with Crippen LogP contribution in [-0.4, -0.2) is 13.1 Å². The Bertz CT molecular complexity index is 318. The molecule has 0 spiro atoms. The van der Waals surface area contributed by atoms with Crippen LogP contribution in [0.1, 0.15) is 45.7 Å². The Balaban J connectivity index is 0.00000289. The van der Waals surface area contributed by atoms with Gasteiger partial charge in [-0.25, -0.2) is 0 Å². The van der Waals surface area contributed by atoms with Crippen LogP contribution in [0.3, 0.4) is 0 Å². The highest BCUT2D eigenvalue weighted by molar-refractivity contribution is 5.85. The van der Waals surface area contributed by atoms with Crippen LogP contribution in [0.2, 0.25) is 0 Å². The minimum absolute atomic E-state index is 0. The summed E-state index contributed by atoms with van der Waals surface area (Å²) in [5.41, 5.74) is 8.71. The fourth-order valence-electron chi connectivity index (χ4n) is 2.17. The van der Waals surface area contributed by atoms with Crippen LogP contribution in [0.5, 0.6) is 0 Å². The van der Waals surface area contributed by atoms with Gasteiger partial charge < -0.3 is 10.6 Å². The average Bonchev–Trinajstić information content (AvgIpc) is 2.30. The Morgan fingerprint density at radius 1 is 1.06 bits per heavy atom. The quantitative estimate of drug-likeness (QED) is 0.847. The van der Waals surface area contributed by atoms with Crippen LogP contribution in [0.15, 0.2) is 24.3 Å². The molecule has 0 aliphatic rings. The molecular weight excluding hydrogens is 244 g/mol. The fourth-order valence-corrected chi connectivity index (χ4v) is 2.17. The van der Waals surface area contributed by atoms with Crippen molar-refractivity contribution in [2.24, 2.45) is 11.7 Å². The van der Waals surface area contributed by atoms with E-state index in [9.17, 15) is 0 Å². The topological polar surface area (TPSA) is 29.3 Å². The van der Waals surface area contributed by atoms with Gasteiger partial charge in [0.15, 0.2) is 0 Å². The molecule has 0 saturated carbocycles. The van der Waals surface area contributed by atoms with Crippen LogP contribution >= 0.6 is 12.4 Å². The van der Waals surface area contributed by atoms with Crippen molar-refractivity contribution in [2.75, 3.05) is 18.0 Å². The third-order valence-corrected chi connectivity index (χ3v) is 3.18. The van der Waals surface area contributed by atoms with Crippen molar-refractivity contribution in [1.82, 2.24) is 0 Å². The van der Waals surface area contributed by atoms with Gasteiger partial charge in [-0.1, -0.05) is 26.0 Å². The third kappa shape index (κ3) is 4.87. The molecule has 0 aliphatic carbocycles. The number of rotatable bonds is 6. The number of benzene rings is 1. The van der Waals surface area contributed by atoms with Crippen molar-refractivity contribution in [1.29, 1.82) is 0 Å². The van der Waals surface area contributed by atoms with E-state index in [1.165, 1.54) is 11.3 Å². The van der Waals surface area contributed by atoms with Crippen LogP contribution in [-0.2, 0) is 0 Å². The van der Waals surface area contributed by atoms with Crippen molar-refractivity contribution < 1.29 is 0 Å². The predicted molar refractivity (Wildman–Crippen MR) is 83.6 cm³/mol. The maximum Gasteiger partial charge on any atom is 0.0366 e. The van der Waals surface area contributed by atoms with Gasteiger partial charge in [-0.15, -0.1) is 12.4 Å². The predicted octanol–water partition coefficient (Wildman–Crippen LogP) is 4.00. The molecule has 0 aliphatic heterocycles. The first-order valence-corrected chi connectivity index (χ1v) is 6.68. The molecule has 1 aromatic carbocycles. The van der Waals surface area contributed by atoms with Gasteiger partial charge in [0.2, 0.25) is 0 Å². The number of hydrogen-bond donors (Lipinski definition) is 1. The molecule has 2 nitrogen and oxygen atoms in total. The Morgan fingerprint density at radius 2 is 1.56 bits per heavy atom. The summed E-state index contributed by atoms with van der Waals surface area (Å²) in [5.74, 6) is 0.646. The van der Waals surface area contributed by atoms with Gasteiger partial charge in [0.25, 0.3) is 0 Å². The molecule has 1 rings (SSSR count).